The van der Waals surface area contributed by atoms with Crippen molar-refractivity contribution in [3.05, 3.63) is 12.7 Å². The van der Waals surface area contributed by atoms with Crippen molar-refractivity contribution >= 4 is 35.0 Å². The van der Waals surface area contributed by atoms with Gasteiger partial charge in [0.05, 0.1) is 0 Å². The molecule has 0 aliphatic heterocycles. The molecule has 3 nitrogen and oxygen atoms in total. The molecule has 0 radical (unpaired) electrons. The van der Waals surface area contributed by atoms with Gasteiger partial charge in [-0.15, -0.1) is 0 Å². The fourth-order valence-corrected chi connectivity index (χ4v) is 1.22. The average molecular weight is 196 g/mol. The van der Waals surface area contributed by atoms with Gasteiger partial charge in [-0.2, -0.15) is 0 Å². The summed E-state index contributed by atoms with van der Waals surface area (Å²) < 4.78 is -0.526. The van der Waals surface area contributed by atoms with Gasteiger partial charge in [-0.3, -0.25) is 0 Å². The summed E-state index contributed by atoms with van der Waals surface area (Å²) in [5.74, 6) is 0. The number of aromatic nitrogens is 3. The summed E-state index contributed by atoms with van der Waals surface area (Å²) in [6.45, 7) is 0. The van der Waals surface area contributed by atoms with Crippen LogP contribution in [-0.4, -0.2) is 19.1 Å². The van der Waals surface area contributed by atoms with Gasteiger partial charge in [-0.25, -0.2) is 15.0 Å². The zero-order chi connectivity index (χ0) is 7.40. The smallest absolute Gasteiger partial charge is 0.193 e. The van der Waals surface area contributed by atoms with Crippen molar-refractivity contribution in [2.45, 2.75) is 9.32 Å². The molecule has 0 aliphatic rings. The lowest BCUT2D eigenvalue weighted by atomic mass is 11.1. The zero-order valence-electron chi connectivity index (χ0n) is 4.74. The first-order valence-electron chi connectivity index (χ1n) is 2.36. The largest absolute Gasteiger partial charge is 0.225 e. The summed E-state index contributed by atoms with van der Waals surface area (Å²) in [5.41, 5.74) is 0. The van der Waals surface area contributed by atoms with E-state index in [4.69, 9.17) is 23.2 Å². The van der Waals surface area contributed by atoms with Crippen LogP contribution in [0, 0.1) is 0 Å². The van der Waals surface area contributed by atoms with Crippen molar-refractivity contribution in [3.63, 3.8) is 0 Å². The van der Waals surface area contributed by atoms with E-state index in [9.17, 15) is 0 Å². The molecule has 6 heteroatoms. The summed E-state index contributed by atoms with van der Waals surface area (Å²) in [6, 6.07) is 0. The fourth-order valence-electron chi connectivity index (χ4n) is 0.369. The molecule has 0 saturated heterocycles. The minimum absolute atomic E-state index is 0.526. The maximum absolute atomic E-state index is 5.44. The highest BCUT2D eigenvalue weighted by atomic mass is 35.5. The first-order valence-corrected chi connectivity index (χ1v) is 4.11. The molecule has 0 spiro atoms. The van der Waals surface area contributed by atoms with E-state index in [2.05, 4.69) is 15.0 Å². The zero-order valence-corrected chi connectivity index (χ0v) is 7.07. The first-order chi connectivity index (χ1) is 4.79. The molecule has 1 aromatic heterocycles. The van der Waals surface area contributed by atoms with E-state index in [0.717, 1.165) is 0 Å². The highest BCUT2D eigenvalue weighted by Gasteiger charge is 2.02. The van der Waals surface area contributed by atoms with Crippen LogP contribution in [0.5, 0.6) is 0 Å². The third kappa shape index (κ3) is 2.68. The lowest BCUT2D eigenvalue weighted by Crippen LogP contribution is -1.88. The Morgan fingerprint density at radius 3 is 2.40 bits per heavy atom. The molecule has 0 unspecified atom stereocenters. The third-order valence-corrected chi connectivity index (χ3v) is 1.80. The molecule has 0 saturated carbocycles. The van der Waals surface area contributed by atoms with E-state index in [1.54, 1.807) is 0 Å². The van der Waals surface area contributed by atoms with Crippen molar-refractivity contribution in [1.82, 2.24) is 15.0 Å². The molecule has 0 aromatic carbocycles. The van der Waals surface area contributed by atoms with Gasteiger partial charge < -0.3 is 0 Å². The van der Waals surface area contributed by atoms with Crippen LogP contribution in [0.3, 0.4) is 0 Å². The lowest BCUT2D eigenvalue weighted by Gasteiger charge is -1.95. The van der Waals surface area contributed by atoms with Gasteiger partial charge in [0.25, 0.3) is 0 Å². The monoisotopic (exact) mass is 195 g/mol. The number of hydrogen-bond donors (Lipinski definition) is 0. The highest BCUT2D eigenvalue weighted by Crippen LogP contribution is 2.24. The summed E-state index contributed by atoms with van der Waals surface area (Å²) in [6.07, 6.45) is 2.79. The molecule has 1 heterocycles. The number of rotatable bonds is 2. The molecule has 0 amide bonds. The minimum atomic E-state index is -0.526. The molecule has 1 aromatic rings. The van der Waals surface area contributed by atoms with Crippen LogP contribution in [0.2, 0.25) is 0 Å². The Morgan fingerprint density at radius 2 is 1.90 bits per heavy atom. The Bertz CT molecular complexity index is 193. The minimum Gasteiger partial charge on any atom is -0.225 e. The number of nitrogens with zero attached hydrogens (tertiary/aromatic N) is 3. The second-order valence-electron chi connectivity index (χ2n) is 1.30. The standard InChI is InChI=1S/C4H3Cl2N3S/c5-3(6)10-4-8-1-7-2-9-4/h1-3H. The van der Waals surface area contributed by atoms with Crippen LogP contribution < -0.4 is 0 Å². The summed E-state index contributed by atoms with van der Waals surface area (Å²) in [5, 5.41) is 0.532. The van der Waals surface area contributed by atoms with Crippen LogP contribution in [0.4, 0.5) is 0 Å². The predicted octanol–water partition coefficient (Wildman–Crippen LogP) is 1.72. The predicted molar refractivity (Wildman–Crippen MR) is 41.2 cm³/mol. The normalized spacial score (nSPS) is 10.3. The lowest BCUT2D eigenvalue weighted by molar-refractivity contribution is 0.903. The second kappa shape index (κ2) is 3.95. The third-order valence-electron chi connectivity index (χ3n) is 0.664. The number of halogens is 2. The van der Waals surface area contributed by atoms with Gasteiger partial charge in [0.1, 0.15) is 12.7 Å². The molecule has 0 atom stereocenters. The van der Waals surface area contributed by atoms with E-state index >= 15 is 0 Å². The van der Waals surface area contributed by atoms with Crippen LogP contribution in [0.1, 0.15) is 0 Å². The van der Waals surface area contributed by atoms with E-state index in [1.807, 2.05) is 0 Å². The molecule has 0 N–H and O–H groups in total. The fraction of sp³-hybridized carbons (Fsp3) is 0.250. The molecule has 1 rings (SSSR count). The molecule has 0 aliphatic carbocycles. The van der Waals surface area contributed by atoms with Gasteiger partial charge >= 0.3 is 0 Å². The van der Waals surface area contributed by atoms with Crippen molar-refractivity contribution in [3.8, 4) is 0 Å². The quantitative estimate of drug-likeness (QED) is 0.533. The Morgan fingerprint density at radius 1 is 1.30 bits per heavy atom. The van der Waals surface area contributed by atoms with E-state index in [1.165, 1.54) is 24.4 Å². The molecule has 10 heavy (non-hydrogen) atoms. The summed E-state index contributed by atoms with van der Waals surface area (Å²) in [7, 11) is 0. The second-order valence-corrected chi connectivity index (χ2v) is 3.99. The molecule has 0 fully saturated rings. The van der Waals surface area contributed by atoms with Gasteiger partial charge in [0.15, 0.2) is 9.32 Å². The van der Waals surface area contributed by atoms with Crippen LogP contribution in [0.15, 0.2) is 17.8 Å². The van der Waals surface area contributed by atoms with Crippen molar-refractivity contribution < 1.29 is 0 Å². The SMILES string of the molecule is ClC(Cl)Sc1ncncn1. The Labute approximate surface area is 72.2 Å². The van der Waals surface area contributed by atoms with Crippen molar-refractivity contribution in [2.75, 3.05) is 0 Å². The maximum Gasteiger partial charge on any atom is 0.193 e. The van der Waals surface area contributed by atoms with E-state index < -0.39 is 4.17 Å². The molecule has 0 bridgehead atoms. The van der Waals surface area contributed by atoms with Crippen LogP contribution >= 0.6 is 35.0 Å². The molecule has 54 valence electrons. The Kier molecular flexibility index (Phi) is 3.18. The van der Waals surface area contributed by atoms with Crippen LogP contribution in [0.25, 0.3) is 0 Å². The van der Waals surface area contributed by atoms with Crippen LogP contribution in [-0.2, 0) is 0 Å². The molecular formula is C4H3Cl2N3S. The first kappa shape index (κ1) is 8.04. The Balaban J connectivity index is 2.59. The highest BCUT2D eigenvalue weighted by molar-refractivity contribution is 8.02. The van der Waals surface area contributed by atoms with Gasteiger partial charge in [-0.05, 0) is 0 Å². The van der Waals surface area contributed by atoms with Gasteiger partial charge in [0, 0.05) is 0 Å². The summed E-state index contributed by atoms with van der Waals surface area (Å²) >= 11 is 12.0. The Hall–Kier alpha value is -0.0600. The number of hydrogen-bond acceptors (Lipinski definition) is 4. The van der Waals surface area contributed by atoms with Gasteiger partial charge in [-0.1, -0.05) is 35.0 Å². The molecular weight excluding hydrogens is 193 g/mol. The van der Waals surface area contributed by atoms with E-state index in [0.29, 0.717) is 5.16 Å². The van der Waals surface area contributed by atoms with Crippen molar-refractivity contribution in [1.29, 1.82) is 0 Å². The van der Waals surface area contributed by atoms with Crippen molar-refractivity contribution in [2.24, 2.45) is 0 Å². The number of alkyl halides is 2. The maximum atomic E-state index is 5.44. The topological polar surface area (TPSA) is 38.7 Å². The number of thioether (sulfide) groups is 1. The van der Waals surface area contributed by atoms with E-state index in [-0.39, 0.29) is 0 Å². The summed E-state index contributed by atoms with van der Waals surface area (Å²) in [4.78, 5) is 11.2. The van der Waals surface area contributed by atoms with Gasteiger partial charge in [0.2, 0.25) is 0 Å². The average Bonchev–Trinajstić information content (AvgIpc) is 1.88.